The Hall–Kier alpha value is -3.47. The Morgan fingerprint density at radius 2 is 1.50 bits per heavy atom. The monoisotopic (exact) mass is 353 g/mol. The summed E-state index contributed by atoms with van der Waals surface area (Å²) in [6.07, 6.45) is 2.25. The van der Waals surface area contributed by atoms with Crippen molar-refractivity contribution in [1.29, 1.82) is 0 Å². The van der Waals surface area contributed by atoms with Gasteiger partial charge in [-0.05, 0) is 12.1 Å². The number of aromatic amines is 2. The van der Waals surface area contributed by atoms with Gasteiger partial charge in [0, 0.05) is 12.1 Å². The van der Waals surface area contributed by atoms with E-state index < -0.39 is 12.7 Å². The number of nitro benzene ring substituents is 1. The molecular formula is C10H8N7O6P. The van der Waals surface area contributed by atoms with Gasteiger partial charge in [0.25, 0.3) is 5.69 Å². The van der Waals surface area contributed by atoms with Crippen molar-refractivity contribution < 1.29 is 23.1 Å². The van der Waals surface area contributed by atoms with Crippen LogP contribution in [0.1, 0.15) is 0 Å². The van der Waals surface area contributed by atoms with E-state index in [2.05, 4.69) is 30.4 Å². The molecule has 0 fully saturated rings. The first kappa shape index (κ1) is 15.4. The van der Waals surface area contributed by atoms with Crippen LogP contribution >= 0.6 is 7.82 Å². The fourth-order valence-electron chi connectivity index (χ4n) is 1.50. The van der Waals surface area contributed by atoms with Crippen LogP contribution in [-0.2, 0) is 4.57 Å². The molecule has 0 unspecified atom stereocenters. The number of hydrogen-bond acceptors (Lipinski definition) is 10. The minimum Gasteiger partial charge on any atom is -0.386 e. The van der Waals surface area contributed by atoms with E-state index in [-0.39, 0.29) is 23.5 Å². The summed E-state index contributed by atoms with van der Waals surface area (Å²) in [4.78, 5) is 17.4. The highest BCUT2D eigenvalue weighted by atomic mass is 31.2. The second kappa shape index (κ2) is 6.34. The summed E-state index contributed by atoms with van der Waals surface area (Å²) in [5.41, 5.74) is -0.163. The molecule has 2 aromatic heterocycles. The standard InChI is InChI=1S/C10H8N7O6P/c18-17(19)7-1-3-8(4-2-7)21-24(20,22-9-11-5-13-15-9)23-10-12-6-14-16-10/h1-6H,(H,11,13,15)(H,12,14,16). The minimum atomic E-state index is -4.29. The van der Waals surface area contributed by atoms with Gasteiger partial charge in [0.2, 0.25) is 0 Å². The van der Waals surface area contributed by atoms with Gasteiger partial charge in [0.05, 0.1) is 4.92 Å². The molecule has 0 bridgehead atoms. The SMILES string of the molecule is O=[N+]([O-])c1ccc(OP(=O)(Oc2ncn[nH]2)Oc2ncn[nH]2)cc1. The lowest BCUT2D eigenvalue weighted by Crippen LogP contribution is -2.09. The van der Waals surface area contributed by atoms with Crippen LogP contribution in [-0.4, -0.2) is 35.3 Å². The van der Waals surface area contributed by atoms with Crippen molar-refractivity contribution in [3.8, 4) is 17.8 Å². The van der Waals surface area contributed by atoms with Crippen molar-refractivity contribution in [2.24, 2.45) is 0 Å². The molecule has 0 radical (unpaired) electrons. The highest BCUT2D eigenvalue weighted by Gasteiger charge is 2.35. The number of non-ortho nitro benzene ring substituents is 1. The fourth-order valence-corrected chi connectivity index (χ4v) is 2.59. The Kier molecular flexibility index (Phi) is 4.07. The largest absolute Gasteiger partial charge is 0.651 e. The zero-order valence-corrected chi connectivity index (χ0v) is 12.5. The van der Waals surface area contributed by atoms with Crippen LogP contribution in [0.15, 0.2) is 36.9 Å². The number of nitrogens with one attached hydrogen (secondary N) is 2. The summed E-state index contributed by atoms with van der Waals surface area (Å²) in [6.45, 7) is 0. The Balaban J connectivity index is 1.83. The molecule has 2 N–H and O–H groups in total. The number of benzene rings is 1. The van der Waals surface area contributed by atoms with Crippen LogP contribution in [0.25, 0.3) is 0 Å². The Morgan fingerprint density at radius 3 is 1.92 bits per heavy atom. The van der Waals surface area contributed by atoms with Gasteiger partial charge in [0.15, 0.2) is 0 Å². The zero-order chi connectivity index (χ0) is 17.0. The van der Waals surface area contributed by atoms with Crippen LogP contribution in [0.3, 0.4) is 0 Å². The van der Waals surface area contributed by atoms with Gasteiger partial charge in [-0.2, -0.15) is 24.7 Å². The third-order valence-electron chi connectivity index (χ3n) is 2.45. The number of rotatable bonds is 7. The van der Waals surface area contributed by atoms with Crippen molar-refractivity contribution in [1.82, 2.24) is 30.4 Å². The first-order chi connectivity index (χ1) is 11.5. The molecule has 1 aromatic carbocycles. The summed E-state index contributed by atoms with van der Waals surface area (Å²) in [5, 5.41) is 22.4. The van der Waals surface area contributed by atoms with Crippen molar-refractivity contribution in [2.75, 3.05) is 0 Å². The fraction of sp³-hybridized carbons (Fsp3) is 0. The lowest BCUT2D eigenvalue weighted by atomic mass is 10.3. The number of hydrogen-bond donors (Lipinski definition) is 2. The van der Waals surface area contributed by atoms with E-state index in [0.29, 0.717) is 0 Å². The highest BCUT2D eigenvalue weighted by molar-refractivity contribution is 7.49. The summed E-state index contributed by atoms with van der Waals surface area (Å²) >= 11 is 0. The maximum atomic E-state index is 12.8. The first-order valence-electron chi connectivity index (χ1n) is 6.18. The highest BCUT2D eigenvalue weighted by Crippen LogP contribution is 2.48. The second-order valence-electron chi connectivity index (χ2n) is 4.05. The second-order valence-corrected chi connectivity index (χ2v) is 5.50. The normalized spacial score (nSPS) is 11.0. The third kappa shape index (κ3) is 3.64. The van der Waals surface area contributed by atoms with E-state index in [1.54, 1.807) is 0 Å². The Labute approximate surface area is 132 Å². The number of phosphoric acid groups is 1. The van der Waals surface area contributed by atoms with Crippen LogP contribution < -0.4 is 13.6 Å². The molecule has 0 aliphatic heterocycles. The molecule has 0 aliphatic rings. The summed E-state index contributed by atoms with van der Waals surface area (Å²) in [6, 6.07) is 4.36. The van der Waals surface area contributed by atoms with E-state index in [9.17, 15) is 14.7 Å². The average Bonchev–Trinajstić information content (AvgIpc) is 3.21. The van der Waals surface area contributed by atoms with E-state index in [4.69, 9.17) is 13.6 Å². The molecule has 0 saturated heterocycles. The Morgan fingerprint density at radius 1 is 0.958 bits per heavy atom. The van der Waals surface area contributed by atoms with E-state index in [0.717, 1.165) is 12.7 Å². The van der Waals surface area contributed by atoms with Crippen LogP contribution in [0, 0.1) is 10.1 Å². The van der Waals surface area contributed by atoms with Crippen molar-refractivity contribution in [2.45, 2.75) is 0 Å². The van der Waals surface area contributed by atoms with Crippen LogP contribution in [0.4, 0.5) is 5.69 Å². The van der Waals surface area contributed by atoms with Crippen molar-refractivity contribution >= 4 is 13.5 Å². The van der Waals surface area contributed by atoms with Gasteiger partial charge >= 0.3 is 19.8 Å². The maximum absolute atomic E-state index is 12.8. The summed E-state index contributed by atoms with van der Waals surface area (Å²) < 4.78 is 28.1. The van der Waals surface area contributed by atoms with E-state index in [1.165, 1.54) is 24.3 Å². The molecule has 124 valence electrons. The number of H-pyrrole nitrogens is 2. The van der Waals surface area contributed by atoms with E-state index in [1.807, 2.05) is 0 Å². The molecule has 0 amide bonds. The minimum absolute atomic E-state index is 0.00274. The van der Waals surface area contributed by atoms with E-state index >= 15 is 0 Å². The predicted molar refractivity (Wildman–Crippen MR) is 75.4 cm³/mol. The van der Waals surface area contributed by atoms with Gasteiger partial charge in [0.1, 0.15) is 18.4 Å². The summed E-state index contributed by atoms with van der Waals surface area (Å²) in [5.74, 6) is 0.00274. The lowest BCUT2D eigenvalue weighted by molar-refractivity contribution is -0.384. The number of aromatic nitrogens is 6. The molecule has 14 heteroatoms. The number of nitro groups is 1. The van der Waals surface area contributed by atoms with Crippen molar-refractivity contribution in [3.63, 3.8) is 0 Å². The maximum Gasteiger partial charge on any atom is 0.651 e. The molecule has 24 heavy (non-hydrogen) atoms. The van der Waals surface area contributed by atoms with Gasteiger partial charge in [-0.1, -0.05) is 0 Å². The van der Waals surface area contributed by atoms with Gasteiger partial charge < -0.3 is 13.6 Å². The molecule has 0 saturated carbocycles. The average molecular weight is 353 g/mol. The van der Waals surface area contributed by atoms with Crippen molar-refractivity contribution in [3.05, 3.63) is 47.0 Å². The zero-order valence-electron chi connectivity index (χ0n) is 11.6. The molecule has 2 heterocycles. The molecule has 3 rings (SSSR count). The quantitative estimate of drug-likeness (QED) is 0.360. The van der Waals surface area contributed by atoms with Gasteiger partial charge in [-0.15, -0.1) is 0 Å². The third-order valence-corrected chi connectivity index (χ3v) is 3.67. The lowest BCUT2D eigenvalue weighted by Gasteiger charge is -2.15. The topological polar surface area (TPSA) is 171 Å². The number of nitrogens with zero attached hydrogens (tertiary/aromatic N) is 5. The molecule has 3 aromatic rings. The molecule has 0 aliphatic carbocycles. The molecular weight excluding hydrogens is 345 g/mol. The smallest absolute Gasteiger partial charge is 0.386 e. The molecule has 0 spiro atoms. The van der Waals surface area contributed by atoms with Crippen LogP contribution in [0.2, 0.25) is 0 Å². The predicted octanol–water partition coefficient (Wildman–Crippen LogP) is 1.48. The van der Waals surface area contributed by atoms with Gasteiger partial charge in [-0.3, -0.25) is 10.1 Å². The first-order valence-corrected chi connectivity index (χ1v) is 7.64. The van der Waals surface area contributed by atoms with Crippen LogP contribution in [0.5, 0.6) is 17.8 Å². The Bertz CT molecular complexity index is 810. The molecule has 13 nitrogen and oxygen atoms in total. The number of phosphoric ester groups is 1. The molecule has 0 atom stereocenters. The van der Waals surface area contributed by atoms with Gasteiger partial charge in [-0.25, -0.2) is 10.2 Å². The summed E-state index contributed by atoms with van der Waals surface area (Å²) in [7, 11) is -4.29.